The molecule has 36 heavy (non-hydrogen) atoms. The number of carbonyl (C=O) groups is 2. The van der Waals surface area contributed by atoms with E-state index in [9.17, 15) is 35.6 Å². The van der Waals surface area contributed by atoms with E-state index in [1.807, 2.05) is 0 Å². The highest BCUT2D eigenvalue weighted by Gasteiger charge is 2.42. The topological polar surface area (TPSA) is 92.8 Å². The fourth-order valence-corrected chi connectivity index (χ4v) is 5.00. The van der Waals surface area contributed by atoms with Crippen LogP contribution in [0.4, 0.5) is 17.6 Å². The van der Waals surface area contributed by atoms with Crippen LogP contribution in [0, 0.1) is 5.92 Å². The minimum atomic E-state index is -4.51. The minimum Gasteiger partial charge on any atom is -0.381 e. The van der Waals surface area contributed by atoms with E-state index < -0.39 is 51.6 Å². The van der Waals surface area contributed by atoms with Crippen molar-refractivity contribution in [1.29, 1.82) is 0 Å². The first kappa shape index (κ1) is 26.1. The van der Waals surface area contributed by atoms with Crippen LogP contribution < -0.4 is 5.32 Å². The molecule has 2 fully saturated rings. The molecule has 12 heteroatoms. The first-order chi connectivity index (χ1) is 16.8. The molecule has 2 aliphatic heterocycles. The van der Waals surface area contributed by atoms with Gasteiger partial charge in [0, 0.05) is 24.2 Å². The average molecular weight is 529 g/mol. The maximum atomic E-state index is 14.4. The van der Waals surface area contributed by atoms with E-state index >= 15 is 0 Å². The third kappa shape index (κ3) is 5.54. The lowest BCUT2D eigenvalue weighted by Gasteiger charge is -2.36. The van der Waals surface area contributed by atoms with Crippen LogP contribution in [0.1, 0.15) is 33.9 Å². The summed E-state index contributed by atoms with van der Waals surface area (Å²) < 4.78 is 82.2. The molecule has 2 saturated heterocycles. The van der Waals surface area contributed by atoms with Crippen molar-refractivity contribution in [3.63, 3.8) is 0 Å². The standard InChI is InChI=1S/C24H24F4N2O5S/c1-36(33,34)19-4-2-3-15(9-19)23(32)30-11-18(25)10-20(30)22(31)29-21(16-12-35-13-16)14-5-7-17(8-6-14)24(26,27)28/h2-9,16,18,20-21H,10-13H2,1H3,(H,29,31)/t18-,20+,21-/m0/s1. The Morgan fingerprint density at radius 3 is 2.33 bits per heavy atom. The number of amides is 2. The number of hydrogen-bond acceptors (Lipinski definition) is 5. The summed E-state index contributed by atoms with van der Waals surface area (Å²) in [4.78, 5) is 27.3. The quantitative estimate of drug-likeness (QED) is 0.582. The van der Waals surface area contributed by atoms with E-state index in [1.165, 1.54) is 36.4 Å². The summed E-state index contributed by atoms with van der Waals surface area (Å²) in [6.07, 6.45) is -5.25. The average Bonchev–Trinajstić information content (AvgIpc) is 3.17. The lowest BCUT2D eigenvalue weighted by molar-refractivity contribution is -0.137. The number of hydrogen-bond donors (Lipinski definition) is 1. The number of benzene rings is 2. The van der Waals surface area contributed by atoms with Crippen LogP contribution in [0.5, 0.6) is 0 Å². The molecule has 194 valence electrons. The number of sulfone groups is 1. The number of ether oxygens (including phenoxy) is 1. The maximum Gasteiger partial charge on any atom is 0.416 e. The van der Waals surface area contributed by atoms with Crippen molar-refractivity contribution >= 4 is 21.7 Å². The van der Waals surface area contributed by atoms with Crippen LogP contribution in [-0.2, 0) is 25.5 Å². The number of alkyl halides is 4. The largest absolute Gasteiger partial charge is 0.416 e. The van der Waals surface area contributed by atoms with Crippen LogP contribution in [0.2, 0.25) is 0 Å². The van der Waals surface area contributed by atoms with Crippen molar-refractivity contribution in [1.82, 2.24) is 10.2 Å². The molecule has 2 heterocycles. The second-order valence-corrected chi connectivity index (χ2v) is 11.0. The second-order valence-electron chi connectivity index (χ2n) is 9.01. The van der Waals surface area contributed by atoms with Gasteiger partial charge in [-0.05, 0) is 35.9 Å². The van der Waals surface area contributed by atoms with Crippen molar-refractivity contribution in [2.24, 2.45) is 5.92 Å². The monoisotopic (exact) mass is 528 g/mol. The molecule has 0 bridgehead atoms. The van der Waals surface area contributed by atoms with Gasteiger partial charge in [0.05, 0.1) is 36.3 Å². The predicted molar refractivity (Wildman–Crippen MR) is 121 cm³/mol. The molecule has 0 spiro atoms. The maximum absolute atomic E-state index is 14.4. The fourth-order valence-electron chi connectivity index (χ4n) is 4.33. The van der Waals surface area contributed by atoms with Crippen molar-refractivity contribution in [2.45, 2.75) is 35.7 Å². The van der Waals surface area contributed by atoms with Crippen LogP contribution in [0.25, 0.3) is 0 Å². The molecule has 0 aliphatic carbocycles. The summed E-state index contributed by atoms with van der Waals surface area (Å²) in [5.74, 6) is -1.55. The molecule has 4 rings (SSSR count). The Labute approximate surface area is 205 Å². The lowest BCUT2D eigenvalue weighted by Crippen LogP contribution is -2.50. The molecule has 2 aromatic carbocycles. The van der Waals surface area contributed by atoms with Gasteiger partial charge in [-0.1, -0.05) is 18.2 Å². The highest BCUT2D eigenvalue weighted by atomic mass is 32.2. The number of likely N-dealkylation sites (tertiary alicyclic amines) is 1. The van der Waals surface area contributed by atoms with E-state index in [4.69, 9.17) is 4.74 Å². The first-order valence-corrected chi connectivity index (χ1v) is 13.0. The SMILES string of the molecule is CS(=O)(=O)c1cccc(C(=O)N2C[C@@H](F)C[C@@H]2C(=O)N[C@@H](c2ccc(C(F)(F)F)cc2)C2COC2)c1. The molecule has 3 atom stereocenters. The van der Waals surface area contributed by atoms with Gasteiger partial charge < -0.3 is 15.0 Å². The van der Waals surface area contributed by atoms with Gasteiger partial charge in [-0.15, -0.1) is 0 Å². The Bertz CT molecular complexity index is 1250. The fraction of sp³-hybridized carbons (Fsp3) is 0.417. The van der Waals surface area contributed by atoms with E-state index in [2.05, 4.69) is 5.32 Å². The Hall–Kier alpha value is -2.99. The zero-order chi connectivity index (χ0) is 26.3. The predicted octanol–water partition coefficient (Wildman–Crippen LogP) is 3.17. The van der Waals surface area contributed by atoms with Crippen molar-refractivity contribution in [2.75, 3.05) is 26.0 Å². The summed E-state index contributed by atoms with van der Waals surface area (Å²) >= 11 is 0. The molecule has 0 unspecified atom stereocenters. The minimum absolute atomic E-state index is 0.00323. The molecule has 0 saturated carbocycles. The van der Waals surface area contributed by atoms with Crippen molar-refractivity contribution in [3.05, 3.63) is 65.2 Å². The van der Waals surface area contributed by atoms with Crippen LogP contribution >= 0.6 is 0 Å². The molecule has 1 N–H and O–H groups in total. The number of rotatable bonds is 6. The van der Waals surface area contributed by atoms with E-state index in [1.54, 1.807) is 0 Å². The highest BCUT2D eigenvalue weighted by molar-refractivity contribution is 7.90. The van der Waals surface area contributed by atoms with Crippen LogP contribution in [0.15, 0.2) is 53.4 Å². The zero-order valence-corrected chi connectivity index (χ0v) is 20.0. The normalized spacial score (nSPS) is 21.6. The van der Waals surface area contributed by atoms with Gasteiger partial charge in [-0.3, -0.25) is 9.59 Å². The molecule has 2 aliphatic rings. The van der Waals surface area contributed by atoms with Crippen LogP contribution in [-0.4, -0.2) is 63.4 Å². The summed E-state index contributed by atoms with van der Waals surface area (Å²) in [5.41, 5.74) is -0.403. The Kier molecular flexibility index (Phi) is 7.11. The molecule has 0 radical (unpaired) electrons. The van der Waals surface area contributed by atoms with E-state index in [0.717, 1.165) is 23.3 Å². The molecule has 0 aromatic heterocycles. The van der Waals surface area contributed by atoms with Crippen molar-refractivity contribution < 1.29 is 40.3 Å². The number of halogens is 4. The van der Waals surface area contributed by atoms with Gasteiger partial charge in [0.25, 0.3) is 5.91 Å². The summed E-state index contributed by atoms with van der Waals surface area (Å²) in [6.45, 7) is 0.212. The number of nitrogens with zero attached hydrogens (tertiary/aromatic N) is 1. The van der Waals surface area contributed by atoms with E-state index in [0.29, 0.717) is 5.56 Å². The Morgan fingerprint density at radius 1 is 1.11 bits per heavy atom. The highest BCUT2D eigenvalue weighted by Crippen LogP contribution is 2.33. The van der Waals surface area contributed by atoms with Crippen LogP contribution in [0.3, 0.4) is 0 Å². The molecule has 7 nitrogen and oxygen atoms in total. The number of nitrogens with one attached hydrogen (secondary N) is 1. The summed E-state index contributed by atoms with van der Waals surface area (Å²) in [6, 6.07) is 7.80. The third-order valence-corrected chi connectivity index (χ3v) is 7.46. The summed E-state index contributed by atoms with van der Waals surface area (Å²) in [7, 11) is -3.59. The van der Waals surface area contributed by atoms with Gasteiger partial charge in [-0.2, -0.15) is 13.2 Å². The molecule has 2 aromatic rings. The third-order valence-electron chi connectivity index (χ3n) is 6.35. The molecular weight excluding hydrogens is 504 g/mol. The van der Waals surface area contributed by atoms with Gasteiger partial charge in [0.15, 0.2) is 9.84 Å². The molecular formula is C24H24F4N2O5S. The van der Waals surface area contributed by atoms with Gasteiger partial charge in [0.1, 0.15) is 12.2 Å². The Morgan fingerprint density at radius 2 is 1.78 bits per heavy atom. The summed E-state index contributed by atoms with van der Waals surface area (Å²) in [5, 5.41) is 2.77. The molecule has 2 amide bonds. The van der Waals surface area contributed by atoms with Gasteiger partial charge >= 0.3 is 6.18 Å². The zero-order valence-electron chi connectivity index (χ0n) is 19.2. The Balaban J connectivity index is 1.55. The van der Waals surface area contributed by atoms with Crippen molar-refractivity contribution in [3.8, 4) is 0 Å². The first-order valence-electron chi connectivity index (χ1n) is 11.1. The van der Waals surface area contributed by atoms with Gasteiger partial charge in [-0.25, -0.2) is 12.8 Å². The smallest absolute Gasteiger partial charge is 0.381 e. The second kappa shape index (κ2) is 9.81. The van der Waals surface area contributed by atoms with E-state index in [-0.39, 0.29) is 42.6 Å². The van der Waals surface area contributed by atoms with Gasteiger partial charge in [0.2, 0.25) is 5.91 Å². The number of carbonyl (C=O) groups excluding carboxylic acids is 2. The lowest BCUT2D eigenvalue weighted by atomic mass is 9.90.